The summed E-state index contributed by atoms with van der Waals surface area (Å²) in [5.41, 5.74) is 6.28. The Morgan fingerprint density at radius 2 is 1.11 bits per heavy atom. The number of carbonyl (C=O) groups is 1. The predicted molar refractivity (Wildman–Crippen MR) is 240 cm³/mol. The summed E-state index contributed by atoms with van der Waals surface area (Å²) in [5.74, 6) is 3.76. The number of ketones is 1. The van der Waals surface area contributed by atoms with Gasteiger partial charge in [-0.15, -0.1) is 0 Å². The molecule has 0 aliphatic carbocycles. The molecule has 3 aliphatic rings. The van der Waals surface area contributed by atoms with E-state index in [0.717, 1.165) is 109 Å². The number of aryl methyl sites for hydroxylation is 4. The molecule has 4 aromatic heterocycles. The number of carbonyl (C=O) groups excluding carboxylic acids is 1. The molecular formula is C47H57N11O4. The maximum Gasteiger partial charge on any atom is 0.261 e. The third kappa shape index (κ3) is 9.75. The first-order chi connectivity index (χ1) is 29.2. The predicted octanol–water partition coefficient (Wildman–Crippen LogP) is 8.23. The molecule has 62 heavy (non-hydrogen) atoms. The Bertz CT molecular complexity index is 2600. The maximum absolute atomic E-state index is 11.7. The van der Waals surface area contributed by atoms with Crippen LogP contribution in [0.3, 0.4) is 0 Å². The van der Waals surface area contributed by atoms with E-state index in [4.69, 9.17) is 23.8 Å². The molecule has 0 saturated carbocycles. The van der Waals surface area contributed by atoms with Gasteiger partial charge >= 0.3 is 0 Å². The minimum absolute atomic E-state index is 0. The highest BCUT2D eigenvalue weighted by molar-refractivity contribution is 5.93. The number of nitriles is 2. The maximum atomic E-state index is 11.7. The van der Waals surface area contributed by atoms with Gasteiger partial charge in [0.2, 0.25) is 0 Å². The van der Waals surface area contributed by atoms with Crippen LogP contribution in [0.25, 0.3) is 44.7 Å². The van der Waals surface area contributed by atoms with Gasteiger partial charge in [-0.25, -0.2) is 9.97 Å². The van der Waals surface area contributed by atoms with E-state index in [1.54, 1.807) is 6.92 Å². The van der Waals surface area contributed by atoms with E-state index < -0.39 is 0 Å². The van der Waals surface area contributed by atoms with E-state index in [9.17, 15) is 15.3 Å². The number of nitrogens with zero attached hydrogens (tertiary/aromatic N) is 10. The van der Waals surface area contributed by atoms with Crippen LogP contribution in [0.2, 0.25) is 0 Å². The van der Waals surface area contributed by atoms with Crippen molar-refractivity contribution < 1.29 is 18.6 Å². The van der Waals surface area contributed by atoms with Crippen molar-refractivity contribution in [3.05, 3.63) is 70.3 Å². The standard InChI is InChI=1S/C25H30N6O2.C20H19N5O2.2CH4/c1-3-17-12-18-14-22(25-27-16(2)30-33-25)24(29-23(18)19(13-17)15-26)31-8-4-20(5-9-31)28-21-6-10-32-11-7-21;1-3-13-8-14-10-17(20-22-12(2)24-27-20)19(23-18(14)15(9-13)11-21)25-6-4-16(26)5-7-25;;/h12-14,20-21,28H,3-11H2,1-2H3;8-10H,3-7H2,1-2H3;2*1H4. The molecule has 2 aromatic carbocycles. The zero-order chi connectivity index (χ0) is 41.8. The van der Waals surface area contributed by atoms with E-state index in [2.05, 4.69) is 73.5 Å². The largest absolute Gasteiger partial charge is 0.381 e. The van der Waals surface area contributed by atoms with Crippen molar-refractivity contribution in [1.29, 1.82) is 10.5 Å². The lowest BCUT2D eigenvalue weighted by Gasteiger charge is -2.36. The molecule has 15 heteroatoms. The summed E-state index contributed by atoms with van der Waals surface area (Å²) in [6.45, 7) is 12.4. The number of nitrogens with one attached hydrogen (secondary N) is 1. The second kappa shape index (κ2) is 20.1. The minimum Gasteiger partial charge on any atom is -0.381 e. The van der Waals surface area contributed by atoms with E-state index in [1.807, 2.05) is 31.2 Å². The number of aromatic nitrogens is 6. The van der Waals surface area contributed by atoms with Gasteiger partial charge in [0.1, 0.15) is 29.6 Å². The Hall–Kier alpha value is -6.29. The molecule has 6 aromatic rings. The van der Waals surface area contributed by atoms with E-state index in [-0.39, 0.29) is 20.6 Å². The molecule has 3 fully saturated rings. The summed E-state index contributed by atoms with van der Waals surface area (Å²) in [5, 5.41) is 32.9. The first-order valence-electron chi connectivity index (χ1n) is 21.0. The fourth-order valence-corrected chi connectivity index (χ4v) is 8.29. The van der Waals surface area contributed by atoms with Crippen LogP contribution >= 0.6 is 0 Å². The van der Waals surface area contributed by atoms with Gasteiger partial charge < -0.3 is 28.9 Å². The first-order valence-corrected chi connectivity index (χ1v) is 21.0. The Labute approximate surface area is 363 Å². The summed E-state index contributed by atoms with van der Waals surface area (Å²) in [6, 6.07) is 17.6. The van der Waals surface area contributed by atoms with Crippen molar-refractivity contribution in [3.8, 4) is 35.0 Å². The molecule has 324 valence electrons. The summed E-state index contributed by atoms with van der Waals surface area (Å²) >= 11 is 0. The Morgan fingerprint density at radius 1 is 0.661 bits per heavy atom. The van der Waals surface area contributed by atoms with Gasteiger partial charge in [0.05, 0.1) is 33.3 Å². The first kappa shape index (κ1) is 45.2. The number of piperidine rings is 2. The molecule has 3 aliphatic heterocycles. The quantitative estimate of drug-likeness (QED) is 0.154. The molecule has 3 saturated heterocycles. The molecule has 0 spiro atoms. The highest BCUT2D eigenvalue weighted by Gasteiger charge is 2.28. The summed E-state index contributed by atoms with van der Waals surface area (Å²) < 4.78 is 16.4. The number of ether oxygens (including phenoxy) is 1. The Balaban J connectivity index is 0.000000204. The van der Waals surface area contributed by atoms with Gasteiger partial charge in [-0.1, -0.05) is 39.0 Å². The smallest absolute Gasteiger partial charge is 0.261 e. The molecule has 9 rings (SSSR count). The van der Waals surface area contributed by atoms with Gasteiger partial charge in [0.25, 0.3) is 11.8 Å². The average Bonchev–Trinajstić information content (AvgIpc) is 3.93. The van der Waals surface area contributed by atoms with Gasteiger partial charge in [-0.2, -0.15) is 20.5 Å². The fraction of sp³-hybridized carbons (Fsp3) is 0.468. The van der Waals surface area contributed by atoms with Crippen molar-refractivity contribution in [2.75, 3.05) is 49.2 Å². The topological polar surface area (TPSA) is 196 Å². The van der Waals surface area contributed by atoms with Crippen LogP contribution in [0, 0.1) is 36.5 Å². The highest BCUT2D eigenvalue weighted by Crippen LogP contribution is 2.36. The van der Waals surface area contributed by atoms with E-state index in [1.165, 1.54) is 0 Å². The van der Waals surface area contributed by atoms with Crippen LogP contribution in [0.1, 0.15) is 101 Å². The zero-order valence-electron chi connectivity index (χ0n) is 34.6. The molecule has 15 nitrogen and oxygen atoms in total. The lowest BCUT2D eigenvalue weighted by atomic mass is 9.99. The van der Waals surface area contributed by atoms with Crippen LogP contribution in [-0.2, 0) is 22.4 Å². The average molecular weight is 840 g/mol. The monoisotopic (exact) mass is 839 g/mol. The van der Waals surface area contributed by atoms with Crippen LogP contribution in [0.4, 0.5) is 11.6 Å². The van der Waals surface area contributed by atoms with Gasteiger partial charge in [-0.05, 0) is 99.9 Å². The zero-order valence-corrected chi connectivity index (χ0v) is 34.6. The number of hydrogen-bond acceptors (Lipinski definition) is 15. The normalized spacial score (nSPS) is 15.9. The van der Waals surface area contributed by atoms with Crippen LogP contribution in [0.5, 0.6) is 0 Å². The molecule has 0 amide bonds. The summed E-state index contributed by atoms with van der Waals surface area (Å²) in [4.78, 5) is 34.7. The van der Waals surface area contributed by atoms with Gasteiger partial charge in [0, 0.05) is 75.1 Å². The molecular weight excluding hydrogens is 783 g/mol. The van der Waals surface area contributed by atoms with Crippen molar-refractivity contribution in [1.82, 2.24) is 35.6 Å². The van der Waals surface area contributed by atoms with Crippen molar-refractivity contribution >= 4 is 39.2 Å². The second-order valence-corrected chi connectivity index (χ2v) is 15.7. The van der Waals surface area contributed by atoms with Gasteiger partial charge in [-0.3, -0.25) is 4.79 Å². The van der Waals surface area contributed by atoms with Crippen LogP contribution in [0.15, 0.2) is 45.4 Å². The van der Waals surface area contributed by atoms with E-state index >= 15 is 0 Å². The van der Waals surface area contributed by atoms with Gasteiger partial charge in [0.15, 0.2) is 11.6 Å². The number of rotatable bonds is 8. The minimum atomic E-state index is 0. The molecule has 0 unspecified atom stereocenters. The summed E-state index contributed by atoms with van der Waals surface area (Å²) in [6.07, 6.45) is 6.92. The van der Waals surface area contributed by atoms with Crippen LogP contribution < -0.4 is 15.1 Å². The molecule has 0 bridgehead atoms. The Morgan fingerprint density at radius 3 is 1.53 bits per heavy atom. The number of anilines is 2. The highest BCUT2D eigenvalue weighted by atomic mass is 16.5. The fourth-order valence-electron chi connectivity index (χ4n) is 8.29. The van der Waals surface area contributed by atoms with Crippen LogP contribution in [-0.4, -0.2) is 87.5 Å². The third-order valence-corrected chi connectivity index (χ3v) is 11.6. The second-order valence-electron chi connectivity index (χ2n) is 15.7. The number of benzene rings is 2. The lowest BCUT2D eigenvalue weighted by Crippen LogP contribution is -2.48. The molecule has 1 N–H and O–H groups in total. The van der Waals surface area contributed by atoms with Crippen molar-refractivity contribution in [2.24, 2.45) is 0 Å². The lowest BCUT2D eigenvalue weighted by molar-refractivity contribution is -0.119. The van der Waals surface area contributed by atoms with Crippen molar-refractivity contribution in [2.45, 2.75) is 106 Å². The third-order valence-electron chi connectivity index (χ3n) is 11.6. The van der Waals surface area contributed by atoms with Crippen molar-refractivity contribution in [3.63, 3.8) is 0 Å². The van der Waals surface area contributed by atoms with E-state index in [0.29, 0.717) is 83.9 Å². The Kier molecular flexibility index (Phi) is 14.6. The number of pyridine rings is 2. The molecule has 0 atom stereocenters. The number of hydrogen-bond donors (Lipinski definition) is 1. The molecule has 7 heterocycles. The summed E-state index contributed by atoms with van der Waals surface area (Å²) in [7, 11) is 0. The number of fused-ring (bicyclic) bond motifs is 2. The SMILES string of the molecule is C.C.CCc1cc(C#N)c2nc(N3CCC(=O)CC3)c(-c3nc(C)no3)cc2c1.CCc1cc(C#N)c2nc(N3CCC(NC4CCOCC4)CC3)c(-c3nc(C)no3)cc2c1. The number of Topliss-reactive ketones (excluding diaryl/α,β-unsaturated/α-hetero) is 1. The molecule has 0 radical (unpaired) electrons.